The number of hydrogen-bond acceptors (Lipinski definition) is 4. The number of aromatic nitrogens is 1. The minimum Gasteiger partial charge on any atom is -0.396 e. The van der Waals surface area contributed by atoms with Crippen molar-refractivity contribution in [2.45, 2.75) is 26.3 Å². The van der Waals surface area contributed by atoms with Crippen LogP contribution in [0.25, 0.3) is 0 Å². The number of urea groups is 1. The molecule has 6 heteroatoms. The molecule has 0 spiro atoms. The summed E-state index contributed by atoms with van der Waals surface area (Å²) in [5.74, 6) is 0. The first-order valence-corrected chi connectivity index (χ1v) is 7.92. The first-order valence-electron chi connectivity index (χ1n) is 7.92. The number of aliphatic hydroxyl groups is 1. The van der Waals surface area contributed by atoms with Crippen molar-refractivity contribution in [2.24, 2.45) is 0 Å². The number of piperazine rings is 1. The molecule has 0 saturated carbocycles. The highest BCUT2D eigenvalue weighted by atomic mass is 16.3. The maximum atomic E-state index is 12.3. The molecular formula is C16H26N4O2. The molecule has 1 saturated heterocycles. The van der Waals surface area contributed by atoms with E-state index in [9.17, 15) is 4.79 Å². The van der Waals surface area contributed by atoms with Gasteiger partial charge in [-0.3, -0.25) is 9.88 Å². The molecule has 1 aliphatic rings. The van der Waals surface area contributed by atoms with Crippen molar-refractivity contribution >= 4 is 6.03 Å². The Morgan fingerprint density at radius 1 is 1.41 bits per heavy atom. The summed E-state index contributed by atoms with van der Waals surface area (Å²) >= 11 is 0. The van der Waals surface area contributed by atoms with Gasteiger partial charge in [-0.15, -0.1) is 0 Å². The number of carbonyl (C=O) groups excluding carboxylic acids is 1. The zero-order valence-electron chi connectivity index (χ0n) is 13.5. The van der Waals surface area contributed by atoms with Crippen LogP contribution in [0.3, 0.4) is 0 Å². The molecule has 2 rings (SSSR count). The Morgan fingerprint density at radius 2 is 2.14 bits per heavy atom. The second-order valence-corrected chi connectivity index (χ2v) is 5.78. The molecule has 2 N–H and O–H groups in total. The van der Waals surface area contributed by atoms with Gasteiger partial charge >= 0.3 is 6.03 Å². The highest BCUT2D eigenvalue weighted by Crippen LogP contribution is 2.14. The van der Waals surface area contributed by atoms with E-state index in [1.54, 1.807) is 6.20 Å². The molecule has 0 unspecified atom stereocenters. The van der Waals surface area contributed by atoms with Gasteiger partial charge in [0.25, 0.3) is 0 Å². The molecule has 0 radical (unpaired) electrons. The van der Waals surface area contributed by atoms with E-state index < -0.39 is 0 Å². The second-order valence-electron chi connectivity index (χ2n) is 5.78. The monoisotopic (exact) mass is 306 g/mol. The first kappa shape index (κ1) is 16.7. The third-order valence-electron chi connectivity index (χ3n) is 4.09. The van der Waals surface area contributed by atoms with Gasteiger partial charge in [0.1, 0.15) is 0 Å². The summed E-state index contributed by atoms with van der Waals surface area (Å²) in [6.07, 6.45) is 2.55. The lowest BCUT2D eigenvalue weighted by molar-refractivity contribution is 0.131. The van der Waals surface area contributed by atoms with Crippen LogP contribution in [-0.2, 0) is 0 Å². The number of nitrogens with one attached hydrogen (secondary N) is 1. The van der Waals surface area contributed by atoms with Gasteiger partial charge in [0.05, 0.1) is 11.7 Å². The normalized spacial score (nSPS) is 17.3. The van der Waals surface area contributed by atoms with Crippen LogP contribution in [0.5, 0.6) is 0 Å². The fourth-order valence-corrected chi connectivity index (χ4v) is 2.76. The Hall–Kier alpha value is -1.66. The predicted octanol–water partition coefficient (Wildman–Crippen LogP) is 1.16. The molecule has 1 aromatic rings. The summed E-state index contributed by atoms with van der Waals surface area (Å²) in [5, 5.41) is 11.9. The van der Waals surface area contributed by atoms with Gasteiger partial charge in [0.15, 0.2) is 0 Å². The molecule has 22 heavy (non-hydrogen) atoms. The van der Waals surface area contributed by atoms with Crippen LogP contribution in [0.2, 0.25) is 0 Å². The maximum absolute atomic E-state index is 12.3. The Kier molecular flexibility index (Phi) is 6.15. The summed E-state index contributed by atoms with van der Waals surface area (Å²) in [6.45, 7) is 8.28. The van der Waals surface area contributed by atoms with E-state index in [0.717, 1.165) is 50.4 Å². The largest absolute Gasteiger partial charge is 0.396 e. The Bertz CT molecular complexity index is 487. The molecule has 0 bridgehead atoms. The first-order chi connectivity index (χ1) is 10.6. The number of nitrogens with zero attached hydrogens (tertiary/aromatic N) is 3. The van der Waals surface area contributed by atoms with E-state index in [2.05, 4.69) is 15.2 Å². The summed E-state index contributed by atoms with van der Waals surface area (Å²) in [7, 11) is 0. The van der Waals surface area contributed by atoms with Crippen molar-refractivity contribution < 1.29 is 9.90 Å². The van der Waals surface area contributed by atoms with Crippen LogP contribution in [0, 0.1) is 6.92 Å². The van der Waals surface area contributed by atoms with Crippen molar-refractivity contribution in [1.29, 1.82) is 0 Å². The van der Waals surface area contributed by atoms with E-state index in [1.807, 2.05) is 30.9 Å². The van der Waals surface area contributed by atoms with E-state index in [1.165, 1.54) is 0 Å². The molecular weight excluding hydrogens is 280 g/mol. The van der Waals surface area contributed by atoms with Crippen molar-refractivity contribution in [3.05, 3.63) is 29.6 Å². The summed E-state index contributed by atoms with van der Waals surface area (Å²) in [5.41, 5.74) is 2.00. The highest BCUT2D eigenvalue weighted by Gasteiger charge is 2.22. The number of hydrogen-bond donors (Lipinski definition) is 2. The topological polar surface area (TPSA) is 68.7 Å². The van der Waals surface area contributed by atoms with Gasteiger partial charge in [-0.25, -0.2) is 4.79 Å². The van der Waals surface area contributed by atoms with Gasteiger partial charge in [-0.2, -0.15) is 0 Å². The number of carbonyl (C=O) groups is 1. The molecule has 6 nitrogen and oxygen atoms in total. The van der Waals surface area contributed by atoms with Crippen molar-refractivity contribution in [3.8, 4) is 0 Å². The lowest BCUT2D eigenvalue weighted by Gasteiger charge is -2.35. The average molecular weight is 306 g/mol. The van der Waals surface area contributed by atoms with E-state index >= 15 is 0 Å². The maximum Gasteiger partial charge on any atom is 0.318 e. The second kappa shape index (κ2) is 8.10. The molecule has 1 aliphatic heterocycles. The molecule has 1 aromatic heterocycles. The highest BCUT2D eigenvalue weighted by molar-refractivity contribution is 5.74. The molecule has 2 amide bonds. The van der Waals surface area contributed by atoms with Gasteiger partial charge in [0.2, 0.25) is 0 Å². The van der Waals surface area contributed by atoms with Crippen LogP contribution < -0.4 is 5.32 Å². The molecule has 1 atom stereocenters. The van der Waals surface area contributed by atoms with E-state index in [-0.39, 0.29) is 18.7 Å². The minimum absolute atomic E-state index is 0.0284. The SMILES string of the molecule is Cc1cccnc1[C@@H](C)NC(=O)N1CCN(CCCO)CC1. The molecule has 2 heterocycles. The van der Waals surface area contributed by atoms with Crippen LogP contribution in [-0.4, -0.2) is 65.3 Å². The van der Waals surface area contributed by atoms with Crippen molar-refractivity contribution in [1.82, 2.24) is 20.1 Å². The lowest BCUT2D eigenvalue weighted by Crippen LogP contribution is -2.52. The van der Waals surface area contributed by atoms with Crippen LogP contribution >= 0.6 is 0 Å². The van der Waals surface area contributed by atoms with Gasteiger partial charge in [-0.1, -0.05) is 6.07 Å². The number of rotatable bonds is 5. The fourth-order valence-electron chi connectivity index (χ4n) is 2.76. The Balaban J connectivity index is 1.82. The van der Waals surface area contributed by atoms with Crippen molar-refractivity contribution in [3.63, 3.8) is 0 Å². The van der Waals surface area contributed by atoms with Crippen LogP contribution in [0.4, 0.5) is 4.79 Å². The van der Waals surface area contributed by atoms with E-state index in [0.29, 0.717) is 0 Å². The average Bonchev–Trinajstić information content (AvgIpc) is 2.53. The summed E-state index contributed by atoms with van der Waals surface area (Å²) in [4.78, 5) is 20.8. The number of pyridine rings is 1. The Labute approximate surface area is 132 Å². The van der Waals surface area contributed by atoms with Crippen LogP contribution in [0.1, 0.15) is 30.6 Å². The smallest absolute Gasteiger partial charge is 0.318 e. The lowest BCUT2D eigenvalue weighted by atomic mass is 10.1. The Morgan fingerprint density at radius 3 is 2.77 bits per heavy atom. The molecule has 122 valence electrons. The third kappa shape index (κ3) is 4.42. The summed E-state index contributed by atoms with van der Waals surface area (Å²) in [6, 6.07) is 3.78. The summed E-state index contributed by atoms with van der Waals surface area (Å²) < 4.78 is 0. The third-order valence-corrected chi connectivity index (χ3v) is 4.09. The van der Waals surface area contributed by atoms with Gasteiger partial charge in [0, 0.05) is 45.5 Å². The predicted molar refractivity (Wildman–Crippen MR) is 85.6 cm³/mol. The van der Waals surface area contributed by atoms with Crippen molar-refractivity contribution in [2.75, 3.05) is 39.3 Å². The fraction of sp³-hybridized carbons (Fsp3) is 0.625. The zero-order chi connectivity index (χ0) is 15.9. The standard InChI is InChI=1S/C16H26N4O2/c1-13-5-3-6-17-15(13)14(2)18-16(22)20-10-8-19(9-11-20)7-4-12-21/h3,5-6,14,21H,4,7-12H2,1-2H3,(H,18,22)/t14-/m1/s1. The quantitative estimate of drug-likeness (QED) is 0.856. The van der Waals surface area contributed by atoms with Gasteiger partial charge in [-0.05, 0) is 31.9 Å². The van der Waals surface area contributed by atoms with E-state index in [4.69, 9.17) is 5.11 Å². The number of amides is 2. The molecule has 0 aliphatic carbocycles. The molecule has 1 fully saturated rings. The minimum atomic E-state index is -0.0962. The number of aryl methyl sites for hydroxylation is 1. The molecule has 0 aromatic carbocycles. The van der Waals surface area contributed by atoms with Crippen LogP contribution in [0.15, 0.2) is 18.3 Å². The number of aliphatic hydroxyl groups excluding tert-OH is 1. The van der Waals surface area contributed by atoms with Gasteiger partial charge < -0.3 is 15.3 Å². The zero-order valence-corrected chi connectivity index (χ0v) is 13.5.